The van der Waals surface area contributed by atoms with Crippen molar-refractivity contribution in [1.82, 2.24) is 0 Å². The Hall–Kier alpha value is -2.03. The van der Waals surface area contributed by atoms with Crippen LogP contribution in [-0.4, -0.2) is 0 Å². The fourth-order valence-electron chi connectivity index (χ4n) is 2.22. The van der Waals surface area contributed by atoms with E-state index in [9.17, 15) is 4.39 Å². The van der Waals surface area contributed by atoms with Crippen LogP contribution < -0.4 is 10.5 Å². The molecule has 0 fully saturated rings. The van der Waals surface area contributed by atoms with Crippen molar-refractivity contribution < 1.29 is 9.13 Å². The average molecular weight is 287 g/mol. The maximum Gasteiger partial charge on any atom is 0.123 e. The topological polar surface area (TPSA) is 35.2 Å². The summed E-state index contributed by atoms with van der Waals surface area (Å²) in [6.07, 6.45) is 0. The second-order valence-electron chi connectivity index (χ2n) is 6.38. The number of rotatable bonds is 3. The molecule has 0 heterocycles. The van der Waals surface area contributed by atoms with E-state index in [2.05, 4.69) is 32.9 Å². The summed E-state index contributed by atoms with van der Waals surface area (Å²) < 4.78 is 19.2. The number of aryl methyl sites for hydroxylation is 1. The predicted octanol–water partition coefficient (Wildman–Crippen LogP) is 4.59. The minimum absolute atomic E-state index is 0.0173. The molecule has 0 aliphatic rings. The van der Waals surface area contributed by atoms with Crippen LogP contribution in [0.3, 0.4) is 0 Å². The van der Waals surface area contributed by atoms with Crippen LogP contribution in [0.5, 0.6) is 5.75 Å². The standard InChI is InChI=1S/C18H22FNO/c1-12-5-7-15(18(2,3)4)17(9-12)21-11-13-10-14(19)6-8-16(13)20/h5-10H,11,20H2,1-4H3. The van der Waals surface area contributed by atoms with Gasteiger partial charge in [-0.15, -0.1) is 0 Å². The Labute approximate surface area is 125 Å². The van der Waals surface area contributed by atoms with E-state index < -0.39 is 0 Å². The largest absolute Gasteiger partial charge is 0.489 e. The van der Waals surface area contributed by atoms with Crippen LogP contribution in [0.25, 0.3) is 0 Å². The smallest absolute Gasteiger partial charge is 0.123 e. The third-order valence-corrected chi connectivity index (χ3v) is 3.43. The molecule has 0 radical (unpaired) electrons. The van der Waals surface area contributed by atoms with Crippen LogP contribution in [0.1, 0.15) is 37.5 Å². The van der Waals surface area contributed by atoms with E-state index in [1.807, 2.05) is 13.0 Å². The van der Waals surface area contributed by atoms with Crippen molar-refractivity contribution in [2.45, 2.75) is 39.7 Å². The Bertz CT molecular complexity index is 644. The van der Waals surface area contributed by atoms with Gasteiger partial charge in [-0.2, -0.15) is 0 Å². The molecule has 21 heavy (non-hydrogen) atoms. The lowest BCUT2D eigenvalue weighted by molar-refractivity contribution is 0.297. The van der Waals surface area contributed by atoms with Gasteiger partial charge in [-0.25, -0.2) is 4.39 Å². The zero-order chi connectivity index (χ0) is 15.6. The normalized spacial score (nSPS) is 11.5. The average Bonchev–Trinajstić information content (AvgIpc) is 2.38. The minimum Gasteiger partial charge on any atom is -0.489 e. The highest BCUT2D eigenvalue weighted by Gasteiger charge is 2.19. The number of anilines is 1. The SMILES string of the molecule is Cc1ccc(C(C)(C)C)c(OCc2cc(F)ccc2N)c1. The number of nitrogen functional groups attached to an aromatic ring is 1. The summed E-state index contributed by atoms with van der Waals surface area (Å²) in [6, 6.07) is 10.5. The molecule has 0 unspecified atom stereocenters. The molecule has 0 aliphatic carbocycles. The van der Waals surface area contributed by atoms with Crippen molar-refractivity contribution in [3.63, 3.8) is 0 Å². The highest BCUT2D eigenvalue weighted by atomic mass is 19.1. The van der Waals surface area contributed by atoms with Crippen molar-refractivity contribution in [2.75, 3.05) is 5.73 Å². The minimum atomic E-state index is -0.303. The van der Waals surface area contributed by atoms with E-state index in [4.69, 9.17) is 10.5 Å². The maximum absolute atomic E-state index is 13.3. The Morgan fingerprint density at radius 1 is 1.10 bits per heavy atom. The fraction of sp³-hybridized carbons (Fsp3) is 0.333. The Balaban J connectivity index is 2.27. The van der Waals surface area contributed by atoms with Gasteiger partial charge in [0.25, 0.3) is 0 Å². The van der Waals surface area contributed by atoms with Crippen LogP contribution in [0.4, 0.5) is 10.1 Å². The first-order valence-electron chi connectivity index (χ1n) is 7.05. The molecule has 0 atom stereocenters. The number of hydrogen-bond donors (Lipinski definition) is 1. The summed E-state index contributed by atoms with van der Waals surface area (Å²) in [5.74, 6) is 0.522. The van der Waals surface area contributed by atoms with Gasteiger partial charge in [0, 0.05) is 11.3 Å². The van der Waals surface area contributed by atoms with Gasteiger partial charge in [-0.1, -0.05) is 32.9 Å². The molecule has 2 aromatic carbocycles. The molecule has 2 N–H and O–H groups in total. The zero-order valence-electron chi connectivity index (χ0n) is 13.0. The number of halogens is 1. The van der Waals surface area contributed by atoms with Gasteiger partial charge in [-0.3, -0.25) is 0 Å². The molecule has 112 valence electrons. The summed E-state index contributed by atoms with van der Waals surface area (Å²) in [5.41, 5.74) is 9.31. The summed E-state index contributed by atoms with van der Waals surface area (Å²) in [7, 11) is 0. The van der Waals surface area contributed by atoms with E-state index in [0.29, 0.717) is 11.3 Å². The molecule has 0 aromatic heterocycles. The maximum atomic E-state index is 13.3. The van der Waals surface area contributed by atoms with Crippen molar-refractivity contribution in [1.29, 1.82) is 0 Å². The molecule has 0 aliphatic heterocycles. The molecule has 3 heteroatoms. The van der Waals surface area contributed by atoms with Crippen molar-refractivity contribution in [2.24, 2.45) is 0 Å². The lowest BCUT2D eigenvalue weighted by Gasteiger charge is -2.23. The Kier molecular flexibility index (Phi) is 4.21. The summed E-state index contributed by atoms with van der Waals surface area (Å²) in [6.45, 7) is 8.70. The third-order valence-electron chi connectivity index (χ3n) is 3.43. The lowest BCUT2D eigenvalue weighted by atomic mass is 9.86. The molecule has 0 amide bonds. The molecule has 2 rings (SSSR count). The van der Waals surface area contributed by atoms with Crippen molar-refractivity contribution >= 4 is 5.69 Å². The monoisotopic (exact) mass is 287 g/mol. The summed E-state index contributed by atoms with van der Waals surface area (Å²) in [5, 5.41) is 0. The molecule has 0 spiro atoms. The predicted molar refractivity (Wildman–Crippen MR) is 85.0 cm³/mol. The van der Waals surface area contributed by atoms with Crippen molar-refractivity contribution in [3.05, 3.63) is 58.9 Å². The zero-order valence-corrected chi connectivity index (χ0v) is 13.0. The van der Waals surface area contributed by atoms with Gasteiger partial charge >= 0.3 is 0 Å². The van der Waals surface area contributed by atoms with Gasteiger partial charge in [0.1, 0.15) is 18.2 Å². The summed E-state index contributed by atoms with van der Waals surface area (Å²) in [4.78, 5) is 0. The Morgan fingerprint density at radius 2 is 1.81 bits per heavy atom. The van der Waals surface area contributed by atoms with Crippen molar-refractivity contribution in [3.8, 4) is 5.75 Å². The molecular formula is C18H22FNO. The molecule has 2 aromatic rings. The quantitative estimate of drug-likeness (QED) is 0.838. The van der Waals surface area contributed by atoms with Crippen LogP contribution in [-0.2, 0) is 12.0 Å². The van der Waals surface area contributed by atoms with Gasteiger partial charge in [-0.05, 0) is 47.7 Å². The highest BCUT2D eigenvalue weighted by Crippen LogP contribution is 2.32. The second kappa shape index (κ2) is 5.76. The molecule has 2 nitrogen and oxygen atoms in total. The Morgan fingerprint density at radius 3 is 2.48 bits per heavy atom. The first-order valence-corrected chi connectivity index (χ1v) is 7.05. The van der Waals surface area contributed by atoms with Gasteiger partial charge in [0.2, 0.25) is 0 Å². The van der Waals surface area contributed by atoms with E-state index >= 15 is 0 Å². The van der Waals surface area contributed by atoms with Crippen LogP contribution >= 0.6 is 0 Å². The van der Waals surface area contributed by atoms with E-state index in [-0.39, 0.29) is 17.8 Å². The first kappa shape index (κ1) is 15.4. The fourth-order valence-corrected chi connectivity index (χ4v) is 2.22. The van der Waals surface area contributed by atoms with Gasteiger partial charge in [0.05, 0.1) is 0 Å². The molecule has 0 bridgehead atoms. The molecular weight excluding hydrogens is 265 g/mol. The highest BCUT2D eigenvalue weighted by molar-refractivity contribution is 5.47. The van der Waals surface area contributed by atoms with Crippen LogP contribution in [0.15, 0.2) is 36.4 Å². The first-order chi connectivity index (χ1) is 9.77. The summed E-state index contributed by atoms with van der Waals surface area (Å²) >= 11 is 0. The van der Waals surface area contributed by atoms with E-state index in [1.165, 1.54) is 12.1 Å². The number of benzene rings is 2. The molecule has 0 saturated carbocycles. The molecule has 0 saturated heterocycles. The number of ether oxygens (including phenoxy) is 1. The van der Waals surface area contributed by atoms with Crippen LogP contribution in [0.2, 0.25) is 0 Å². The number of nitrogens with two attached hydrogens (primary N) is 1. The second-order valence-corrected chi connectivity index (χ2v) is 6.38. The van der Waals surface area contributed by atoms with E-state index in [1.54, 1.807) is 6.07 Å². The number of hydrogen-bond acceptors (Lipinski definition) is 2. The van der Waals surface area contributed by atoms with E-state index in [0.717, 1.165) is 16.9 Å². The lowest BCUT2D eigenvalue weighted by Crippen LogP contribution is -2.14. The van der Waals surface area contributed by atoms with Gasteiger partial charge in [0.15, 0.2) is 0 Å². The van der Waals surface area contributed by atoms with Gasteiger partial charge < -0.3 is 10.5 Å². The third kappa shape index (κ3) is 3.75. The van der Waals surface area contributed by atoms with Crippen LogP contribution in [0, 0.1) is 12.7 Å².